The van der Waals surface area contributed by atoms with Gasteiger partial charge in [0, 0.05) is 11.5 Å². The van der Waals surface area contributed by atoms with Crippen LogP contribution in [0.5, 0.6) is 11.5 Å². The van der Waals surface area contributed by atoms with Gasteiger partial charge in [-0.1, -0.05) is 43.3 Å². The third-order valence-corrected chi connectivity index (χ3v) is 3.51. The monoisotopic (exact) mass is 300 g/mol. The minimum absolute atomic E-state index is 0.118. The van der Waals surface area contributed by atoms with E-state index in [9.17, 15) is 15.0 Å². The average molecular weight is 300 g/mol. The first-order valence-electron chi connectivity index (χ1n) is 7.22. The molecule has 2 N–H and O–H groups in total. The van der Waals surface area contributed by atoms with Gasteiger partial charge in [0.05, 0.1) is 6.10 Å². The molecule has 0 saturated carbocycles. The molecule has 4 heteroatoms. The molecular weight excluding hydrogens is 280 g/mol. The van der Waals surface area contributed by atoms with E-state index in [1.165, 1.54) is 0 Å². The van der Waals surface area contributed by atoms with E-state index < -0.39 is 5.97 Å². The summed E-state index contributed by atoms with van der Waals surface area (Å²) in [6, 6.07) is 13.0. The summed E-state index contributed by atoms with van der Waals surface area (Å²) >= 11 is 0. The van der Waals surface area contributed by atoms with Crippen molar-refractivity contribution >= 4 is 5.97 Å². The van der Waals surface area contributed by atoms with Gasteiger partial charge in [0.15, 0.2) is 0 Å². The van der Waals surface area contributed by atoms with Crippen LogP contribution in [0.1, 0.15) is 48.2 Å². The normalized spacial score (nSPS) is 12.2. The van der Waals surface area contributed by atoms with Crippen molar-refractivity contribution in [2.45, 2.75) is 32.8 Å². The number of hydrogen-bond donors (Lipinski definition) is 2. The topological polar surface area (TPSA) is 66.8 Å². The largest absolute Gasteiger partial charge is 0.507 e. The summed E-state index contributed by atoms with van der Waals surface area (Å²) in [7, 11) is 0. The molecule has 2 aromatic carbocycles. The average Bonchev–Trinajstić information content (AvgIpc) is 2.46. The molecular formula is C18H20O4. The van der Waals surface area contributed by atoms with Gasteiger partial charge in [0.1, 0.15) is 17.1 Å². The summed E-state index contributed by atoms with van der Waals surface area (Å²) in [6.45, 7) is 5.55. The van der Waals surface area contributed by atoms with Gasteiger partial charge in [0.2, 0.25) is 0 Å². The maximum absolute atomic E-state index is 11.5. The molecule has 2 aromatic rings. The molecule has 2 rings (SSSR count). The number of aromatic carboxylic acids is 1. The zero-order chi connectivity index (χ0) is 16.3. The second-order valence-corrected chi connectivity index (χ2v) is 5.48. The summed E-state index contributed by atoms with van der Waals surface area (Å²) in [5, 5.41) is 19.8. The van der Waals surface area contributed by atoms with Crippen LogP contribution in [-0.4, -0.2) is 22.3 Å². The SMILES string of the molecule is CC(C)Oc1ccc(C(C)c2ccccc2)c(O)c1C(=O)O. The van der Waals surface area contributed by atoms with E-state index in [1.54, 1.807) is 12.1 Å². The minimum atomic E-state index is -1.20. The van der Waals surface area contributed by atoms with Gasteiger partial charge in [-0.2, -0.15) is 0 Å². The Kier molecular flexibility index (Phi) is 4.71. The Morgan fingerprint density at radius 3 is 2.23 bits per heavy atom. The van der Waals surface area contributed by atoms with E-state index in [0.717, 1.165) is 5.56 Å². The number of carboxylic acid groups (broad SMARTS) is 1. The van der Waals surface area contributed by atoms with Gasteiger partial charge in [-0.15, -0.1) is 0 Å². The van der Waals surface area contributed by atoms with Gasteiger partial charge in [0.25, 0.3) is 0 Å². The number of carboxylic acids is 1. The molecule has 0 radical (unpaired) electrons. The highest BCUT2D eigenvalue weighted by molar-refractivity contribution is 5.94. The number of ether oxygens (including phenoxy) is 1. The standard InChI is InChI=1S/C18H20O4/c1-11(2)22-15-10-9-14(17(19)16(15)18(20)21)12(3)13-7-5-4-6-8-13/h4-12,19H,1-3H3,(H,20,21). The second-order valence-electron chi connectivity index (χ2n) is 5.48. The molecule has 116 valence electrons. The zero-order valence-corrected chi connectivity index (χ0v) is 12.9. The fourth-order valence-electron chi connectivity index (χ4n) is 2.42. The molecule has 0 heterocycles. The third-order valence-electron chi connectivity index (χ3n) is 3.51. The van der Waals surface area contributed by atoms with Crippen molar-refractivity contribution in [2.75, 3.05) is 0 Å². The van der Waals surface area contributed by atoms with Gasteiger partial charge >= 0.3 is 5.97 Å². The van der Waals surface area contributed by atoms with E-state index in [1.807, 2.05) is 51.1 Å². The van der Waals surface area contributed by atoms with Crippen molar-refractivity contribution in [1.29, 1.82) is 0 Å². The smallest absolute Gasteiger partial charge is 0.343 e. The third kappa shape index (κ3) is 3.22. The Hall–Kier alpha value is -2.49. The van der Waals surface area contributed by atoms with Crippen LogP contribution in [0.3, 0.4) is 0 Å². The van der Waals surface area contributed by atoms with Gasteiger partial charge in [-0.25, -0.2) is 4.79 Å². The van der Waals surface area contributed by atoms with Crippen LogP contribution in [0.25, 0.3) is 0 Å². The van der Waals surface area contributed by atoms with Crippen molar-refractivity contribution in [2.24, 2.45) is 0 Å². The molecule has 1 atom stereocenters. The maximum atomic E-state index is 11.5. The summed E-state index contributed by atoms with van der Waals surface area (Å²) in [6.07, 6.45) is -0.171. The molecule has 4 nitrogen and oxygen atoms in total. The molecule has 0 aliphatic rings. The maximum Gasteiger partial charge on any atom is 0.343 e. The fourth-order valence-corrected chi connectivity index (χ4v) is 2.42. The number of carbonyl (C=O) groups is 1. The summed E-state index contributed by atoms with van der Waals surface area (Å²) < 4.78 is 5.49. The lowest BCUT2D eigenvalue weighted by atomic mass is 9.91. The van der Waals surface area contributed by atoms with Crippen LogP contribution in [0, 0.1) is 0 Å². The van der Waals surface area contributed by atoms with Crippen LogP contribution >= 0.6 is 0 Å². The first kappa shape index (κ1) is 15.9. The van der Waals surface area contributed by atoms with E-state index in [4.69, 9.17) is 4.74 Å². The lowest BCUT2D eigenvalue weighted by molar-refractivity contribution is 0.0687. The highest BCUT2D eigenvalue weighted by Gasteiger charge is 2.23. The Balaban J connectivity index is 2.50. The van der Waals surface area contributed by atoms with Crippen LogP contribution in [-0.2, 0) is 0 Å². The molecule has 0 fully saturated rings. The van der Waals surface area contributed by atoms with E-state index in [-0.39, 0.29) is 29.1 Å². The number of hydrogen-bond acceptors (Lipinski definition) is 3. The molecule has 0 aromatic heterocycles. The molecule has 0 spiro atoms. The van der Waals surface area contributed by atoms with E-state index in [2.05, 4.69) is 0 Å². The first-order chi connectivity index (χ1) is 10.4. The predicted octanol–water partition coefficient (Wildman–Crippen LogP) is 4.03. The molecule has 1 unspecified atom stereocenters. The summed E-state index contributed by atoms with van der Waals surface area (Å²) in [4.78, 5) is 11.5. The molecule has 0 aliphatic carbocycles. The highest BCUT2D eigenvalue weighted by Crippen LogP contribution is 2.38. The van der Waals surface area contributed by atoms with Gasteiger partial charge in [-0.3, -0.25) is 0 Å². The van der Waals surface area contributed by atoms with E-state index >= 15 is 0 Å². The molecule has 0 aliphatic heterocycles. The van der Waals surface area contributed by atoms with Crippen molar-refractivity contribution in [3.8, 4) is 11.5 Å². The van der Waals surface area contributed by atoms with Crippen molar-refractivity contribution < 1.29 is 19.7 Å². The van der Waals surface area contributed by atoms with Crippen LogP contribution < -0.4 is 4.74 Å². The fraction of sp³-hybridized carbons (Fsp3) is 0.278. The quantitative estimate of drug-likeness (QED) is 0.875. The molecule has 0 bridgehead atoms. The lowest BCUT2D eigenvalue weighted by Gasteiger charge is -2.19. The van der Waals surface area contributed by atoms with Gasteiger partial charge < -0.3 is 14.9 Å². The molecule has 0 amide bonds. The van der Waals surface area contributed by atoms with E-state index in [0.29, 0.717) is 5.56 Å². The Morgan fingerprint density at radius 1 is 1.05 bits per heavy atom. The second kappa shape index (κ2) is 6.52. The zero-order valence-electron chi connectivity index (χ0n) is 12.9. The van der Waals surface area contributed by atoms with Crippen molar-refractivity contribution in [1.82, 2.24) is 0 Å². The first-order valence-corrected chi connectivity index (χ1v) is 7.22. The predicted molar refractivity (Wildman–Crippen MR) is 84.8 cm³/mol. The summed E-state index contributed by atoms with van der Waals surface area (Å²) in [5.41, 5.74) is 1.39. The number of aromatic hydroxyl groups is 1. The van der Waals surface area contributed by atoms with Crippen LogP contribution in [0.15, 0.2) is 42.5 Å². The molecule has 0 saturated heterocycles. The van der Waals surface area contributed by atoms with Crippen molar-refractivity contribution in [3.63, 3.8) is 0 Å². The number of phenols is 1. The number of rotatable bonds is 5. The van der Waals surface area contributed by atoms with Crippen LogP contribution in [0.2, 0.25) is 0 Å². The van der Waals surface area contributed by atoms with Crippen LogP contribution in [0.4, 0.5) is 0 Å². The Labute approximate surface area is 130 Å². The molecule has 22 heavy (non-hydrogen) atoms. The highest BCUT2D eigenvalue weighted by atomic mass is 16.5. The minimum Gasteiger partial charge on any atom is -0.507 e. The number of benzene rings is 2. The van der Waals surface area contributed by atoms with Gasteiger partial charge in [-0.05, 0) is 25.5 Å². The Morgan fingerprint density at radius 2 is 1.68 bits per heavy atom. The Bertz CT molecular complexity index is 662. The lowest BCUT2D eigenvalue weighted by Crippen LogP contribution is -2.11. The summed E-state index contributed by atoms with van der Waals surface area (Å²) in [5.74, 6) is -1.37. The van der Waals surface area contributed by atoms with Crippen molar-refractivity contribution in [3.05, 3.63) is 59.2 Å².